The molecule has 0 saturated carbocycles. The summed E-state index contributed by atoms with van der Waals surface area (Å²) in [4.78, 5) is 2.34. The molecule has 1 rings (SSSR count). The van der Waals surface area contributed by atoms with Gasteiger partial charge in [-0.15, -0.1) is 0 Å². The van der Waals surface area contributed by atoms with Gasteiger partial charge in [0.25, 0.3) is 0 Å². The molecule has 0 saturated heterocycles. The predicted molar refractivity (Wildman–Crippen MR) is 78.9 cm³/mol. The Morgan fingerprint density at radius 1 is 1.16 bits per heavy atom. The number of ether oxygens (including phenoxy) is 2. The highest BCUT2D eigenvalue weighted by Crippen LogP contribution is 2.31. The molecule has 4 heteroatoms. The first-order chi connectivity index (χ1) is 9.21. The third-order valence-electron chi connectivity index (χ3n) is 3.35. The van der Waals surface area contributed by atoms with Gasteiger partial charge in [0.15, 0.2) is 11.5 Å². The molecule has 4 nitrogen and oxygen atoms in total. The van der Waals surface area contributed by atoms with Crippen LogP contribution in [-0.4, -0.2) is 38.3 Å². The molecule has 2 N–H and O–H groups in total. The zero-order chi connectivity index (χ0) is 14.3. The summed E-state index contributed by atoms with van der Waals surface area (Å²) in [6.45, 7) is 9.45. The van der Waals surface area contributed by atoms with Crippen LogP contribution in [0.4, 0.5) is 0 Å². The van der Waals surface area contributed by atoms with Gasteiger partial charge in [0.2, 0.25) is 0 Å². The smallest absolute Gasteiger partial charge is 0.161 e. The van der Waals surface area contributed by atoms with Crippen LogP contribution in [-0.2, 0) is 0 Å². The van der Waals surface area contributed by atoms with E-state index in [1.54, 1.807) is 7.11 Å². The van der Waals surface area contributed by atoms with Crippen LogP contribution in [0.15, 0.2) is 18.2 Å². The van der Waals surface area contributed by atoms with Crippen molar-refractivity contribution in [3.8, 4) is 11.5 Å². The predicted octanol–water partition coefficient (Wildman–Crippen LogP) is 2.44. The van der Waals surface area contributed by atoms with Crippen LogP contribution in [0, 0.1) is 0 Å². The van der Waals surface area contributed by atoms with Crippen molar-refractivity contribution in [2.45, 2.75) is 26.8 Å². The molecule has 1 atom stereocenters. The summed E-state index contributed by atoms with van der Waals surface area (Å²) in [5.74, 6) is 1.55. The number of hydrogen-bond acceptors (Lipinski definition) is 4. The second-order valence-electron chi connectivity index (χ2n) is 4.32. The Morgan fingerprint density at radius 3 is 2.32 bits per heavy atom. The van der Waals surface area contributed by atoms with Crippen molar-refractivity contribution in [3.05, 3.63) is 23.8 Å². The van der Waals surface area contributed by atoms with E-state index in [0.717, 1.165) is 24.6 Å². The monoisotopic (exact) mass is 266 g/mol. The summed E-state index contributed by atoms with van der Waals surface area (Å²) in [7, 11) is 1.66. The maximum Gasteiger partial charge on any atom is 0.161 e. The van der Waals surface area contributed by atoms with E-state index >= 15 is 0 Å². The number of methoxy groups -OCH3 is 1. The largest absolute Gasteiger partial charge is 0.493 e. The van der Waals surface area contributed by atoms with Gasteiger partial charge >= 0.3 is 0 Å². The van der Waals surface area contributed by atoms with Gasteiger partial charge in [-0.05, 0) is 37.7 Å². The number of hydrogen-bond donors (Lipinski definition) is 1. The fourth-order valence-corrected chi connectivity index (χ4v) is 2.33. The normalized spacial score (nSPS) is 12.5. The van der Waals surface area contributed by atoms with E-state index in [1.807, 2.05) is 19.1 Å². The minimum absolute atomic E-state index is 0.222. The SMILES string of the molecule is CCOc1cc(C(CN)N(CC)CC)ccc1OC. The van der Waals surface area contributed by atoms with Crippen molar-refractivity contribution in [2.24, 2.45) is 5.73 Å². The molecular weight excluding hydrogens is 240 g/mol. The molecule has 0 aliphatic rings. The Balaban J connectivity index is 3.07. The van der Waals surface area contributed by atoms with E-state index < -0.39 is 0 Å². The zero-order valence-electron chi connectivity index (χ0n) is 12.5. The standard InChI is InChI=1S/C15H26N2O2/c1-5-17(6-2)13(11-16)12-8-9-14(18-4)15(10-12)19-7-3/h8-10,13H,5-7,11,16H2,1-4H3. The average molecular weight is 266 g/mol. The number of likely N-dealkylation sites (N-methyl/N-ethyl adjacent to an activating group) is 1. The van der Waals surface area contributed by atoms with Crippen molar-refractivity contribution in [3.63, 3.8) is 0 Å². The summed E-state index contributed by atoms with van der Waals surface area (Å²) in [6, 6.07) is 6.28. The van der Waals surface area contributed by atoms with E-state index in [-0.39, 0.29) is 6.04 Å². The molecule has 0 spiro atoms. The maximum atomic E-state index is 5.94. The van der Waals surface area contributed by atoms with Crippen molar-refractivity contribution in [2.75, 3.05) is 33.4 Å². The van der Waals surface area contributed by atoms with E-state index in [9.17, 15) is 0 Å². The van der Waals surface area contributed by atoms with Crippen molar-refractivity contribution in [1.29, 1.82) is 0 Å². The first-order valence-electron chi connectivity index (χ1n) is 6.96. The highest BCUT2D eigenvalue weighted by Gasteiger charge is 2.18. The highest BCUT2D eigenvalue weighted by molar-refractivity contribution is 5.44. The van der Waals surface area contributed by atoms with Crippen molar-refractivity contribution in [1.82, 2.24) is 4.90 Å². The molecule has 1 aromatic rings. The fraction of sp³-hybridized carbons (Fsp3) is 0.600. The number of nitrogens with zero attached hydrogens (tertiary/aromatic N) is 1. The molecular formula is C15H26N2O2. The van der Waals surface area contributed by atoms with Gasteiger partial charge < -0.3 is 15.2 Å². The molecule has 108 valence electrons. The van der Waals surface area contributed by atoms with Gasteiger partial charge in [-0.25, -0.2) is 0 Å². The lowest BCUT2D eigenvalue weighted by Gasteiger charge is -2.29. The Hall–Kier alpha value is -1.26. The first-order valence-corrected chi connectivity index (χ1v) is 6.96. The molecule has 0 aromatic heterocycles. The lowest BCUT2D eigenvalue weighted by atomic mass is 10.0. The molecule has 1 unspecified atom stereocenters. The van der Waals surface area contributed by atoms with Crippen LogP contribution in [0.1, 0.15) is 32.4 Å². The molecule has 0 aliphatic carbocycles. The second-order valence-corrected chi connectivity index (χ2v) is 4.32. The highest BCUT2D eigenvalue weighted by atomic mass is 16.5. The van der Waals surface area contributed by atoms with Crippen LogP contribution in [0.5, 0.6) is 11.5 Å². The summed E-state index contributed by atoms with van der Waals surface area (Å²) in [6.07, 6.45) is 0. The number of nitrogens with two attached hydrogens (primary N) is 1. The quantitative estimate of drug-likeness (QED) is 0.785. The Bertz CT molecular complexity index is 378. The first kappa shape index (κ1) is 15.8. The van der Waals surface area contributed by atoms with Crippen LogP contribution in [0.25, 0.3) is 0 Å². The average Bonchev–Trinajstić information content (AvgIpc) is 2.45. The number of benzene rings is 1. The second kappa shape index (κ2) is 8.02. The van der Waals surface area contributed by atoms with Gasteiger partial charge in [-0.2, -0.15) is 0 Å². The van der Waals surface area contributed by atoms with Gasteiger partial charge in [0.05, 0.1) is 13.7 Å². The third kappa shape index (κ3) is 3.85. The topological polar surface area (TPSA) is 47.7 Å². The molecule has 0 bridgehead atoms. The van der Waals surface area contributed by atoms with Gasteiger partial charge in [-0.1, -0.05) is 19.9 Å². The minimum atomic E-state index is 0.222. The Morgan fingerprint density at radius 2 is 1.84 bits per heavy atom. The van der Waals surface area contributed by atoms with E-state index in [0.29, 0.717) is 13.2 Å². The molecule has 1 aromatic carbocycles. The molecule has 0 heterocycles. The lowest BCUT2D eigenvalue weighted by Crippen LogP contribution is -2.33. The third-order valence-corrected chi connectivity index (χ3v) is 3.35. The summed E-state index contributed by atoms with van der Waals surface area (Å²) in [5.41, 5.74) is 7.11. The maximum absolute atomic E-state index is 5.94. The molecule has 0 radical (unpaired) electrons. The number of rotatable bonds is 8. The zero-order valence-corrected chi connectivity index (χ0v) is 12.5. The van der Waals surface area contributed by atoms with E-state index in [1.165, 1.54) is 5.56 Å². The van der Waals surface area contributed by atoms with Crippen LogP contribution in [0.2, 0.25) is 0 Å². The van der Waals surface area contributed by atoms with E-state index in [4.69, 9.17) is 15.2 Å². The molecule has 0 amide bonds. The summed E-state index contributed by atoms with van der Waals surface area (Å²) in [5, 5.41) is 0. The van der Waals surface area contributed by atoms with Gasteiger partial charge in [-0.3, -0.25) is 4.90 Å². The van der Waals surface area contributed by atoms with Crippen LogP contribution >= 0.6 is 0 Å². The summed E-state index contributed by atoms with van der Waals surface area (Å²) < 4.78 is 10.9. The Kier molecular flexibility index (Phi) is 6.67. The molecule has 0 aliphatic heterocycles. The lowest BCUT2D eigenvalue weighted by molar-refractivity contribution is 0.223. The fourth-order valence-electron chi connectivity index (χ4n) is 2.33. The van der Waals surface area contributed by atoms with Crippen molar-refractivity contribution < 1.29 is 9.47 Å². The van der Waals surface area contributed by atoms with Crippen LogP contribution in [0.3, 0.4) is 0 Å². The van der Waals surface area contributed by atoms with Gasteiger partial charge in [0.1, 0.15) is 0 Å². The minimum Gasteiger partial charge on any atom is -0.493 e. The molecule has 19 heavy (non-hydrogen) atoms. The summed E-state index contributed by atoms with van der Waals surface area (Å²) >= 11 is 0. The van der Waals surface area contributed by atoms with Crippen LogP contribution < -0.4 is 15.2 Å². The van der Waals surface area contributed by atoms with Gasteiger partial charge in [0, 0.05) is 12.6 Å². The Labute approximate surface area is 116 Å². The molecule has 0 fully saturated rings. The van der Waals surface area contributed by atoms with E-state index in [2.05, 4.69) is 24.8 Å². The van der Waals surface area contributed by atoms with Crippen molar-refractivity contribution >= 4 is 0 Å².